The highest BCUT2D eigenvalue weighted by molar-refractivity contribution is 7.92. The first-order valence-corrected chi connectivity index (χ1v) is 13.5. The van der Waals surface area contributed by atoms with Crippen molar-refractivity contribution >= 4 is 27.3 Å². The summed E-state index contributed by atoms with van der Waals surface area (Å²) in [6.45, 7) is 8.32. The quantitative estimate of drug-likeness (QED) is 0.536. The van der Waals surface area contributed by atoms with E-state index in [-0.39, 0.29) is 5.41 Å². The summed E-state index contributed by atoms with van der Waals surface area (Å²) in [6.07, 6.45) is 4.86. The SMILES string of the molecule is C[C@@H](C(=O)NN=C1CCC(C(C)(C)C)CC1)N(c1ccc(Oc2ccccc2)cc1)S(C)(=O)=O. The molecule has 1 saturated carbocycles. The third-order valence-corrected chi connectivity index (χ3v) is 7.51. The van der Waals surface area contributed by atoms with Crippen LogP contribution in [-0.4, -0.2) is 32.3 Å². The second-order valence-electron chi connectivity index (χ2n) is 9.94. The van der Waals surface area contributed by atoms with Gasteiger partial charge in [0, 0.05) is 5.71 Å². The van der Waals surface area contributed by atoms with E-state index in [9.17, 15) is 13.2 Å². The minimum atomic E-state index is -3.72. The number of nitrogens with zero attached hydrogens (tertiary/aromatic N) is 2. The lowest BCUT2D eigenvalue weighted by Gasteiger charge is -2.34. The van der Waals surface area contributed by atoms with Gasteiger partial charge in [0.25, 0.3) is 5.91 Å². The predicted octanol–water partition coefficient (Wildman–Crippen LogP) is 5.34. The lowest BCUT2D eigenvalue weighted by atomic mass is 9.72. The fraction of sp³-hybridized carbons (Fsp3) is 0.462. The van der Waals surface area contributed by atoms with Gasteiger partial charge in [-0.25, -0.2) is 13.8 Å². The molecule has 0 aromatic heterocycles. The average Bonchev–Trinajstić information content (AvgIpc) is 2.78. The van der Waals surface area contributed by atoms with Gasteiger partial charge < -0.3 is 4.74 Å². The van der Waals surface area contributed by atoms with Crippen molar-refractivity contribution in [3.05, 3.63) is 54.6 Å². The highest BCUT2D eigenvalue weighted by Crippen LogP contribution is 2.36. The summed E-state index contributed by atoms with van der Waals surface area (Å²) in [5.74, 6) is 1.41. The Morgan fingerprint density at radius 3 is 2.12 bits per heavy atom. The number of anilines is 1. The van der Waals surface area contributed by atoms with Gasteiger partial charge in [-0.1, -0.05) is 39.0 Å². The van der Waals surface area contributed by atoms with E-state index in [4.69, 9.17) is 4.74 Å². The Hall–Kier alpha value is -2.87. The number of carbonyl (C=O) groups excluding carboxylic acids is 1. The van der Waals surface area contributed by atoms with Crippen LogP contribution in [0, 0.1) is 11.3 Å². The number of nitrogens with one attached hydrogen (secondary N) is 1. The number of hydrogen-bond donors (Lipinski definition) is 1. The van der Waals surface area contributed by atoms with Crippen LogP contribution < -0.4 is 14.5 Å². The molecule has 2 aromatic carbocycles. The molecule has 0 saturated heterocycles. The van der Waals surface area contributed by atoms with E-state index in [2.05, 4.69) is 31.3 Å². The van der Waals surface area contributed by atoms with Crippen LogP contribution in [0.4, 0.5) is 5.69 Å². The van der Waals surface area contributed by atoms with Crippen molar-refractivity contribution in [2.75, 3.05) is 10.6 Å². The third-order valence-electron chi connectivity index (χ3n) is 6.27. The maximum absolute atomic E-state index is 12.8. The third kappa shape index (κ3) is 6.82. The van der Waals surface area contributed by atoms with Gasteiger partial charge in [0.15, 0.2) is 0 Å². The van der Waals surface area contributed by atoms with E-state index in [1.165, 1.54) is 0 Å². The monoisotopic (exact) mass is 485 g/mol. The zero-order chi connectivity index (χ0) is 24.9. The van der Waals surface area contributed by atoms with Crippen LogP contribution in [-0.2, 0) is 14.8 Å². The molecule has 1 N–H and O–H groups in total. The molecule has 0 spiro atoms. The smallest absolute Gasteiger partial charge is 0.263 e. The van der Waals surface area contributed by atoms with Crippen molar-refractivity contribution in [1.29, 1.82) is 0 Å². The molecule has 184 valence electrons. The van der Waals surface area contributed by atoms with E-state index >= 15 is 0 Å². The van der Waals surface area contributed by atoms with Crippen LogP contribution in [0.15, 0.2) is 59.7 Å². The van der Waals surface area contributed by atoms with E-state index in [1.54, 1.807) is 31.2 Å². The molecule has 0 unspecified atom stereocenters. The number of para-hydroxylation sites is 1. The second-order valence-corrected chi connectivity index (χ2v) is 11.8. The zero-order valence-electron chi connectivity index (χ0n) is 20.6. The first kappa shape index (κ1) is 25.7. The molecule has 1 aliphatic rings. The van der Waals surface area contributed by atoms with E-state index < -0.39 is 22.0 Å². The second kappa shape index (κ2) is 10.6. The lowest BCUT2D eigenvalue weighted by Crippen LogP contribution is -2.47. The van der Waals surface area contributed by atoms with E-state index in [1.807, 2.05) is 30.3 Å². The van der Waals surface area contributed by atoms with Gasteiger partial charge in [-0.15, -0.1) is 0 Å². The topological polar surface area (TPSA) is 88.1 Å². The molecule has 1 atom stereocenters. The molecule has 8 heteroatoms. The molecule has 7 nitrogen and oxygen atoms in total. The number of ether oxygens (including phenoxy) is 1. The number of hydrazone groups is 1. The van der Waals surface area contributed by atoms with Crippen molar-refractivity contribution < 1.29 is 17.9 Å². The molecule has 2 aromatic rings. The normalized spacial score (nSPS) is 17.6. The van der Waals surface area contributed by atoms with Crippen molar-refractivity contribution in [1.82, 2.24) is 5.43 Å². The molecule has 0 bridgehead atoms. The summed E-state index contributed by atoms with van der Waals surface area (Å²) in [4.78, 5) is 12.8. The van der Waals surface area contributed by atoms with Gasteiger partial charge in [-0.05, 0) is 80.3 Å². The fourth-order valence-corrected chi connectivity index (χ4v) is 5.43. The zero-order valence-corrected chi connectivity index (χ0v) is 21.4. The molecular weight excluding hydrogens is 450 g/mol. The number of sulfonamides is 1. The standard InChI is InChI=1S/C26H35N3O4S/c1-19(25(30)28-27-21-13-11-20(12-14-21)26(2,3)4)29(34(5,31)32)22-15-17-24(18-16-22)33-23-9-7-6-8-10-23/h6-10,15-20H,11-14H2,1-5H3,(H,28,30)/t19-,20?/m0/s1. The fourth-order valence-electron chi connectivity index (χ4n) is 4.25. The largest absolute Gasteiger partial charge is 0.457 e. The van der Waals surface area contributed by atoms with Crippen LogP contribution in [0.2, 0.25) is 0 Å². The number of amides is 1. The summed E-state index contributed by atoms with van der Waals surface area (Å²) in [7, 11) is -3.72. The lowest BCUT2D eigenvalue weighted by molar-refractivity contribution is -0.121. The Kier molecular flexibility index (Phi) is 8.02. The average molecular weight is 486 g/mol. The Morgan fingerprint density at radius 1 is 1.03 bits per heavy atom. The van der Waals surface area contributed by atoms with E-state index in [0.717, 1.165) is 42.0 Å². The highest BCUT2D eigenvalue weighted by Gasteiger charge is 2.30. The summed E-state index contributed by atoms with van der Waals surface area (Å²) < 4.78 is 32.0. The minimum absolute atomic E-state index is 0.265. The van der Waals surface area contributed by atoms with Gasteiger partial charge in [-0.2, -0.15) is 5.10 Å². The van der Waals surface area contributed by atoms with Crippen LogP contribution in [0.5, 0.6) is 11.5 Å². The molecule has 1 fully saturated rings. The van der Waals surface area contributed by atoms with Crippen molar-refractivity contribution in [2.24, 2.45) is 16.4 Å². The minimum Gasteiger partial charge on any atom is -0.457 e. The molecule has 0 heterocycles. The Morgan fingerprint density at radius 2 is 1.59 bits per heavy atom. The molecule has 34 heavy (non-hydrogen) atoms. The Balaban J connectivity index is 1.67. The molecule has 3 rings (SSSR count). The number of benzene rings is 2. The summed E-state index contributed by atoms with van der Waals surface area (Å²) in [5, 5.41) is 4.32. The van der Waals surface area contributed by atoms with Crippen molar-refractivity contribution in [3.8, 4) is 11.5 Å². The van der Waals surface area contributed by atoms with Crippen molar-refractivity contribution in [3.63, 3.8) is 0 Å². The van der Waals surface area contributed by atoms with Gasteiger partial charge in [0.1, 0.15) is 17.5 Å². The van der Waals surface area contributed by atoms with Crippen LogP contribution >= 0.6 is 0 Å². The van der Waals surface area contributed by atoms with Gasteiger partial charge in [0.2, 0.25) is 10.0 Å². The van der Waals surface area contributed by atoms with Gasteiger partial charge in [-0.3, -0.25) is 9.10 Å². The van der Waals surface area contributed by atoms with Crippen LogP contribution in [0.3, 0.4) is 0 Å². The molecule has 1 aliphatic carbocycles. The van der Waals surface area contributed by atoms with Gasteiger partial charge in [0.05, 0.1) is 11.9 Å². The maximum atomic E-state index is 12.8. The predicted molar refractivity (Wildman–Crippen MR) is 137 cm³/mol. The van der Waals surface area contributed by atoms with Crippen LogP contribution in [0.25, 0.3) is 0 Å². The first-order valence-electron chi connectivity index (χ1n) is 11.6. The summed E-state index contributed by atoms with van der Waals surface area (Å²) in [6, 6.07) is 15.0. The maximum Gasteiger partial charge on any atom is 0.263 e. The van der Waals surface area contributed by atoms with Gasteiger partial charge >= 0.3 is 0 Å². The molecule has 0 aliphatic heterocycles. The summed E-state index contributed by atoms with van der Waals surface area (Å²) in [5.41, 5.74) is 4.19. The number of hydrogen-bond acceptors (Lipinski definition) is 5. The number of carbonyl (C=O) groups is 1. The van der Waals surface area contributed by atoms with Crippen molar-refractivity contribution in [2.45, 2.75) is 59.4 Å². The molecular formula is C26H35N3O4S. The molecule has 0 radical (unpaired) electrons. The highest BCUT2D eigenvalue weighted by atomic mass is 32.2. The Bertz CT molecular complexity index is 1100. The van der Waals surface area contributed by atoms with Crippen LogP contribution in [0.1, 0.15) is 53.4 Å². The summed E-state index contributed by atoms with van der Waals surface area (Å²) >= 11 is 0. The van der Waals surface area contributed by atoms with E-state index in [0.29, 0.717) is 23.1 Å². The number of rotatable bonds is 7. The Labute approximate surface area is 203 Å². The molecule has 1 amide bonds. The first-order chi connectivity index (χ1) is 15.9.